The van der Waals surface area contributed by atoms with Crippen molar-refractivity contribution in [2.24, 2.45) is 5.92 Å². The predicted octanol–water partition coefficient (Wildman–Crippen LogP) is 2.26. The summed E-state index contributed by atoms with van der Waals surface area (Å²) in [6.07, 6.45) is 0. The SMILES string of the molecule is CC(C)COCc1cc(C#CCO)cs1. The van der Waals surface area contributed by atoms with Gasteiger partial charge in [0.05, 0.1) is 6.61 Å². The van der Waals surface area contributed by atoms with Crippen molar-refractivity contribution in [3.8, 4) is 11.8 Å². The molecular weight excluding hydrogens is 208 g/mol. The molecule has 0 atom stereocenters. The van der Waals surface area contributed by atoms with Crippen molar-refractivity contribution in [2.45, 2.75) is 20.5 Å². The van der Waals surface area contributed by atoms with Gasteiger partial charge in [0.1, 0.15) is 6.61 Å². The smallest absolute Gasteiger partial charge is 0.104 e. The molecule has 0 aromatic carbocycles. The third-order valence-electron chi connectivity index (χ3n) is 1.66. The van der Waals surface area contributed by atoms with Gasteiger partial charge in [0.25, 0.3) is 0 Å². The van der Waals surface area contributed by atoms with E-state index in [1.165, 1.54) is 4.88 Å². The summed E-state index contributed by atoms with van der Waals surface area (Å²) in [4.78, 5) is 1.18. The Morgan fingerprint density at radius 3 is 3.00 bits per heavy atom. The van der Waals surface area contributed by atoms with E-state index in [1.54, 1.807) is 11.3 Å². The molecule has 0 spiro atoms. The quantitative estimate of drug-likeness (QED) is 0.795. The Balaban J connectivity index is 2.39. The molecule has 1 rings (SSSR count). The zero-order valence-corrected chi connectivity index (χ0v) is 9.93. The number of hydrogen-bond acceptors (Lipinski definition) is 3. The van der Waals surface area contributed by atoms with Gasteiger partial charge in [-0.1, -0.05) is 25.7 Å². The van der Waals surface area contributed by atoms with Crippen LogP contribution in [0, 0.1) is 17.8 Å². The van der Waals surface area contributed by atoms with Crippen LogP contribution in [0.5, 0.6) is 0 Å². The van der Waals surface area contributed by atoms with Crippen LogP contribution in [0.25, 0.3) is 0 Å². The average Bonchev–Trinajstić information content (AvgIpc) is 2.62. The fraction of sp³-hybridized carbons (Fsp3) is 0.500. The van der Waals surface area contributed by atoms with E-state index >= 15 is 0 Å². The highest BCUT2D eigenvalue weighted by atomic mass is 32.1. The fourth-order valence-electron chi connectivity index (χ4n) is 1.06. The van der Waals surface area contributed by atoms with Crippen LogP contribution in [-0.2, 0) is 11.3 Å². The lowest BCUT2D eigenvalue weighted by Gasteiger charge is -2.04. The largest absolute Gasteiger partial charge is 0.384 e. The molecule has 0 saturated carbocycles. The molecule has 0 fully saturated rings. The molecule has 0 amide bonds. The van der Waals surface area contributed by atoms with E-state index in [2.05, 4.69) is 25.7 Å². The van der Waals surface area contributed by atoms with Crippen LogP contribution in [-0.4, -0.2) is 18.3 Å². The minimum Gasteiger partial charge on any atom is -0.384 e. The summed E-state index contributed by atoms with van der Waals surface area (Å²) in [5.74, 6) is 6.06. The van der Waals surface area contributed by atoms with Crippen molar-refractivity contribution in [1.29, 1.82) is 0 Å². The summed E-state index contributed by atoms with van der Waals surface area (Å²) in [5, 5.41) is 10.5. The van der Waals surface area contributed by atoms with E-state index in [1.807, 2.05) is 11.4 Å². The number of aliphatic hydroxyl groups excluding tert-OH is 1. The minimum absolute atomic E-state index is 0.0883. The molecule has 15 heavy (non-hydrogen) atoms. The van der Waals surface area contributed by atoms with Crippen molar-refractivity contribution < 1.29 is 9.84 Å². The summed E-state index contributed by atoms with van der Waals surface area (Å²) < 4.78 is 5.51. The first-order chi connectivity index (χ1) is 7.22. The standard InChI is InChI=1S/C12H16O2S/c1-10(2)7-14-8-12-6-11(9-15-12)4-3-5-13/h6,9-10,13H,5,7-8H2,1-2H3. The Morgan fingerprint density at radius 1 is 1.53 bits per heavy atom. The van der Waals surface area contributed by atoms with Gasteiger partial charge in [-0.25, -0.2) is 0 Å². The van der Waals surface area contributed by atoms with Gasteiger partial charge in [-0.2, -0.15) is 0 Å². The van der Waals surface area contributed by atoms with Gasteiger partial charge >= 0.3 is 0 Å². The fourth-order valence-corrected chi connectivity index (χ4v) is 1.81. The summed E-state index contributed by atoms with van der Waals surface area (Å²) in [6, 6.07) is 2.01. The second kappa shape index (κ2) is 6.62. The lowest BCUT2D eigenvalue weighted by atomic mass is 10.2. The number of hydrogen-bond donors (Lipinski definition) is 1. The second-order valence-corrected chi connectivity index (χ2v) is 4.67. The molecule has 1 aromatic heterocycles. The first-order valence-corrected chi connectivity index (χ1v) is 5.85. The van der Waals surface area contributed by atoms with Crippen LogP contribution >= 0.6 is 11.3 Å². The summed E-state index contributed by atoms with van der Waals surface area (Å²) in [5.41, 5.74) is 0.956. The third kappa shape index (κ3) is 4.98. The van der Waals surface area contributed by atoms with Crippen LogP contribution in [0.15, 0.2) is 11.4 Å². The highest BCUT2D eigenvalue weighted by Crippen LogP contribution is 2.15. The molecule has 82 valence electrons. The molecule has 0 aliphatic rings. The van der Waals surface area contributed by atoms with Crippen LogP contribution in [0.3, 0.4) is 0 Å². The van der Waals surface area contributed by atoms with Crippen molar-refractivity contribution in [3.05, 3.63) is 21.9 Å². The molecule has 0 unspecified atom stereocenters. The normalized spacial score (nSPS) is 10.1. The molecule has 0 saturated heterocycles. The van der Waals surface area contributed by atoms with Gasteiger partial charge in [-0.3, -0.25) is 0 Å². The molecule has 0 bridgehead atoms. The van der Waals surface area contributed by atoms with E-state index < -0.39 is 0 Å². The van der Waals surface area contributed by atoms with Crippen LogP contribution < -0.4 is 0 Å². The maximum atomic E-state index is 8.54. The van der Waals surface area contributed by atoms with Crippen molar-refractivity contribution in [1.82, 2.24) is 0 Å². The molecule has 3 heteroatoms. The summed E-state index contributed by atoms with van der Waals surface area (Å²) >= 11 is 1.64. The zero-order valence-electron chi connectivity index (χ0n) is 9.12. The predicted molar refractivity (Wildman–Crippen MR) is 62.8 cm³/mol. The highest BCUT2D eigenvalue weighted by Gasteiger charge is 1.99. The lowest BCUT2D eigenvalue weighted by Crippen LogP contribution is -2.00. The maximum absolute atomic E-state index is 8.54. The van der Waals surface area contributed by atoms with Crippen molar-refractivity contribution in [2.75, 3.05) is 13.2 Å². The van der Waals surface area contributed by atoms with Crippen molar-refractivity contribution in [3.63, 3.8) is 0 Å². The molecule has 1 N–H and O–H groups in total. The summed E-state index contributed by atoms with van der Waals surface area (Å²) in [7, 11) is 0. The van der Waals surface area contributed by atoms with Gasteiger partial charge < -0.3 is 9.84 Å². The average molecular weight is 224 g/mol. The molecule has 2 nitrogen and oxygen atoms in total. The molecular formula is C12H16O2S. The number of thiophene rings is 1. The van der Waals surface area contributed by atoms with E-state index in [0.717, 1.165) is 12.2 Å². The van der Waals surface area contributed by atoms with E-state index in [4.69, 9.17) is 9.84 Å². The highest BCUT2D eigenvalue weighted by molar-refractivity contribution is 7.10. The molecule has 1 aromatic rings. The Kier molecular flexibility index (Phi) is 5.41. The van der Waals surface area contributed by atoms with Crippen LogP contribution in [0.1, 0.15) is 24.3 Å². The van der Waals surface area contributed by atoms with Gasteiger partial charge in [0.15, 0.2) is 0 Å². The van der Waals surface area contributed by atoms with Crippen LogP contribution in [0.4, 0.5) is 0 Å². The molecule has 0 radical (unpaired) electrons. The number of rotatable bonds is 4. The minimum atomic E-state index is -0.0883. The zero-order chi connectivity index (χ0) is 11.1. The second-order valence-electron chi connectivity index (χ2n) is 3.67. The number of aliphatic hydroxyl groups is 1. The summed E-state index contributed by atoms with van der Waals surface area (Å²) in [6.45, 7) is 5.62. The van der Waals surface area contributed by atoms with Crippen LogP contribution in [0.2, 0.25) is 0 Å². The van der Waals surface area contributed by atoms with Gasteiger partial charge in [-0.05, 0) is 12.0 Å². The molecule has 1 heterocycles. The monoisotopic (exact) mass is 224 g/mol. The molecule has 0 aliphatic carbocycles. The number of ether oxygens (including phenoxy) is 1. The van der Waals surface area contributed by atoms with Crippen molar-refractivity contribution >= 4 is 11.3 Å². The van der Waals surface area contributed by atoms with E-state index in [-0.39, 0.29) is 6.61 Å². The first kappa shape index (κ1) is 12.3. The Labute approximate surface area is 94.9 Å². The Hall–Kier alpha value is -0.820. The van der Waals surface area contributed by atoms with Gasteiger partial charge in [0.2, 0.25) is 0 Å². The Bertz CT molecular complexity index is 344. The van der Waals surface area contributed by atoms with E-state index in [0.29, 0.717) is 12.5 Å². The molecule has 0 aliphatic heterocycles. The topological polar surface area (TPSA) is 29.5 Å². The van der Waals surface area contributed by atoms with Gasteiger partial charge in [-0.15, -0.1) is 11.3 Å². The van der Waals surface area contributed by atoms with Gasteiger partial charge in [0, 0.05) is 22.4 Å². The maximum Gasteiger partial charge on any atom is 0.104 e. The van der Waals surface area contributed by atoms with E-state index in [9.17, 15) is 0 Å². The Morgan fingerprint density at radius 2 is 2.33 bits per heavy atom. The first-order valence-electron chi connectivity index (χ1n) is 4.97. The third-order valence-corrected chi connectivity index (χ3v) is 2.57. The lowest BCUT2D eigenvalue weighted by molar-refractivity contribution is 0.0989.